The highest BCUT2D eigenvalue weighted by Gasteiger charge is 2.26. The quantitative estimate of drug-likeness (QED) is 0.844. The Morgan fingerprint density at radius 1 is 1.53 bits per heavy atom. The molecule has 1 N–H and O–H groups in total. The number of nitrogens with zero attached hydrogens (tertiary/aromatic N) is 5. The second-order valence-electron chi connectivity index (χ2n) is 4.09. The third kappa shape index (κ3) is 2.28. The Labute approximate surface area is 109 Å². The number of hydrogen-bond donors (Lipinski definition) is 1. The first-order valence-corrected chi connectivity index (χ1v) is 5.57. The van der Waals surface area contributed by atoms with E-state index in [1.807, 2.05) is 0 Å². The molecule has 0 unspecified atom stereocenters. The lowest BCUT2D eigenvalue weighted by atomic mass is 10.1. The molecule has 96 valence electrons. The van der Waals surface area contributed by atoms with Gasteiger partial charge in [0.1, 0.15) is 17.5 Å². The molecule has 0 aliphatic carbocycles. The average Bonchev–Trinajstić information content (AvgIpc) is 2.65. The predicted octanol–water partition coefficient (Wildman–Crippen LogP) is 1.61. The van der Waals surface area contributed by atoms with Crippen LogP contribution in [-0.4, -0.2) is 24.9 Å². The zero-order chi connectivity index (χ0) is 14.0. The Kier molecular flexibility index (Phi) is 3.25. The summed E-state index contributed by atoms with van der Waals surface area (Å²) in [7, 11) is 0. The molecule has 0 aliphatic heterocycles. The molecule has 0 radical (unpaired) electrons. The van der Waals surface area contributed by atoms with Crippen LogP contribution in [0.3, 0.4) is 0 Å². The molecule has 0 bridgehead atoms. The highest BCUT2D eigenvalue weighted by atomic mass is 16.6. The number of rotatable bonds is 3. The summed E-state index contributed by atoms with van der Waals surface area (Å²) >= 11 is 0. The summed E-state index contributed by atoms with van der Waals surface area (Å²) in [6, 6.07) is 3.78. The number of pyridine rings is 1. The zero-order valence-electron chi connectivity index (χ0n) is 10.5. The summed E-state index contributed by atoms with van der Waals surface area (Å²) in [5.74, 6) is 0. The first-order valence-electron chi connectivity index (χ1n) is 5.57. The lowest BCUT2D eigenvalue weighted by Gasteiger charge is -2.04. The molecule has 0 aliphatic rings. The third-order valence-corrected chi connectivity index (χ3v) is 2.89. The molecule has 0 saturated heterocycles. The van der Waals surface area contributed by atoms with Crippen LogP contribution in [0.4, 0.5) is 5.69 Å². The normalized spacial score (nSPS) is 10.2. The molecule has 0 aromatic carbocycles. The number of aryl methyl sites for hydroxylation is 1. The fraction of sp³-hybridized carbons (Fsp3) is 0.250. The Hall–Kier alpha value is -2.75. The minimum atomic E-state index is -0.189. The smallest absolute Gasteiger partial charge is 0.263 e. The van der Waals surface area contributed by atoms with Gasteiger partial charge in [-0.1, -0.05) is 0 Å². The number of nitriles is 1. The number of aromatic nitrogens is 3. The summed E-state index contributed by atoms with van der Waals surface area (Å²) in [5.41, 5.74) is 2.32. The molecule has 0 saturated carbocycles. The van der Waals surface area contributed by atoms with E-state index in [-0.39, 0.29) is 10.6 Å². The highest BCUT2D eigenvalue weighted by Crippen LogP contribution is 2.22. The average molecular weight is 258 g/mol. The topological polar surface area (TPSA) is 94.8 Å². The van der Waals surface area contributed by atoms with Crippen molar-refractivity contribution < 1.29 is 10.1 Å². The Morgan fingerprint density at radius 3 is 2.84 bits per heavy atom. The molecule has 2 aromatic heterocycles. The summed E-state index contributed by atoms with van der Waals surface area (Å²) < 4.78 is 1.57. The maximum Gasteiger partial charge on any atom is 0.359 e. The van der Waals surface area contributed by atoms with Gasteiger partial charge in [0.2, 0.25) is 0 Å². The Bertz CT molecular complexity index is 684. The molecule has 2 heterocycles. The van der Waals surface area contributed by atoms with Crippen LogP contribution in [0.2, 0.25) is 0 Å². The van der Waals surface area contributed by atoms with Crippen LogP contribution in [0.15, 0.2) is 18.5 Å². The van der Waals surface area contributed by atoms with E-state index in [0.717, 1.165) is 5.56 Å². The lowest BCUT2D eigenvalue weighted by molar-refractivity contribution is -0.730. The van der Waals surface area contributed by atoms with Gasteiger partial charge in [-0.3, -0.25) is 9.67 Å². The van der Waals surface area contributed by atoms with Crippen molar-refractivity contribution in [3.05, 3.63) is 45.9 Å². The maximum atomic E-state index is 11.0. The fourth-order valence-electron chi connectivity index (χ4n) is 1.94. The van der Waals surface area contributed by atoms with Crippen molar-refractivity contribution in [2.24, 2.45) is 0 Å². The van der Waals surface area contributed by atoms with Crippen molar-refractivity contribution in [2.75, 3.05) is 0 Å². The SMILES string of the molecule is Cc1nn(Cc2ccncc2C#N)c(C)c1[N+](=O)O. The van der Waals surface area contributed by atoms with Crippen LogP contribution in [0.25, 0.3) is 0 Å². The molecule has 2 aromatic rings. The molecular formula is C12H12N5O2+. The van der Waals surface area contributed by atoms with Crippen molar-refractivity contribution in [3.8, 4) is 6.07 Å². The fourth-order valence-corrected chi connectivity index (χ4v) is 1.94. The molecule has 19 heavy (non-hydrogen) atoms. The molecule has 0 fully saturated rings. The van der Waals surface area contributed by atoms with Crippen molar-refractivity contribution >= 4 is 5.69 Å². The summed E-state index contributed by atoms with van der Waals surface area (Å²) in [4.78, 5) is 14.7. The van der Waals surface area contributed by atoms with Gasteiger partial charge >= 0.3 is 5.69 Å². The van der Waals surface area contributed by atoms with Crippen LogP contribution in [0.5, 0.6) is 0 Å². The first-order chi connectivity index (χ1) is 9.04. The minimum absolute atomic E-state index is 0.132. The third-order valence-electron chi connectivity index (χ3n) is 2.89. The van der Waals surface area contributed by atoms with Crippen LogP contribution in [0.1, 0.15) is 22.5 Å². The van der Waals surface area contributed by atoms with Gasteiger partial charge in [-0.2, -0.15) is 10.4 Å². The second-order valence-corrected chi connectivity index (χ2v) is 4.09. The van der Waals surface area contributed by atoms with Gasteiger partial charge < -0.3 is 0 Å². The van der Waals surface area contributed by atoms with E-state index >= 15 is 0 Å². The van der Waals surface area contributed by atoms with Crippen molar-refractivity contribution in [3.63, 3.8) is 0 Å². The van der Waals surface area contributed by atoms with E-state index in [9.17, 15) is 4.91 Å². The standard InChI is InChI=1S/C12H12N5O2/c1-8-12(17(18)19)9(2)16(15-8)7-10-3-4-14-6-11(10)5-13/h3-4,6H,7H2,1-2H3,(H,18,19)/q+1. The monoisotopic (exact) mass is 258 g/mol. The van der Waals surface area contributed by atoms with Gasteiger partial charge in [0.25, 0.3) is 4.92 Å². The van der Waals surface area contributed by atoms with Crippen molar-refractivity contribution in [1.82, 2.24) is 14.8 Å². The van der Waals surface area contributed by atoms with Crippen LogP contribution in [-0.2, 0) is 6.54 Å². The van der Waals surface area contributed by atoms with Crippen LogP contribution in [0, 0.1) is 30.1 Å². The molecule has 7 heteroatoms. The van der Waals surface area contributed by atoms with Gasteiger partial charge in [0.05, 0.1) is 17.0 Å². The Balaban J connectivity index is 2.43. The van der Waals surface area contributed by atoms with Gasteiger partial charge in [-0.05, 0) is 25.5 Å². The van der Waals surface area contributed by atoms with E-state index in [4.69, 9.17) is 10.5 Å². The number of hydrogen-bond acceptors (Lipinski definition) is 4. The van der Waals surface area contributed by atoms with Gasteiger partial charge in [-0.25, -0.2) is 5.21 Å². The second kappa shape index (κ2) is 4.86. The van der Waals surface area contributed by atoms with E-state index in [2.05, 4.69) is 16.2 Å². The largest absolute Gasteiger partial charge is 0.359 e. The molecule has 0 spiro atoms. The minimum Gasteiger partial charge on any atom is -0.263 e. The van der Waals surface area contributed by atoms with Crippen molar-refractivity contribution in [1.29, 1.82) is 5.26 Å². The van der Waals surface area contributed by atoms with Gasteiger partial charge in [-0.15, -0.1) is 0 Å². The van der Waals surface area contributed by atoms with Crippen molar-refractivity contribution in [2.45, 2.75) is 20.4 Å². The Morgan fingerprint density at radius 2 is 2.26 bits per heavy atom. The summed E-state index contributed by atoms with van der Waals surface area (Å²) in [5, 5.41) is 22.2. The van der Waals surface area contributed by atoms with Crippen LogP contribution < -0.4 is 0 Å². The van der Waals surface area contributed by atoms with E-state index in [1.165, 1.54) is 6.20 Å². The van der Waals surface area contributed by atoms with E-state index < -0.39 is 0 Å². The molecule has 0 atom stereocenters. The first kappa shape index (κ1) is 12.7. The summed E-state index contributed by atoms with van der Waals surface area (Å²) in [6.07, 6.45) is 3.07. The van der Waals surface area contributed by atoms with Gasteiger partial charge in [0.15, 0.2) is 0 Å². The van der Waals surface area contributed by atoms with E-state index in [0.29, 0.717) is 23.5 Å². The molecule has 7 nitrogen and oxygen atoms in total. The van der Waals surface area contributed by atoms with Crippen LogP contribution >= 0.6 is 0 Å². The highest BCUT2D eigenvalue weighted by molar-refractivity contribution is 5.40. The molecule has 2 rings (SSSR count). The zero-order valence-corrected chi connectivity index (χ0v) is 10.5. The summed E-state index contributed by atoms with van der Waals surface area (Å²) in [6.45, 7) is 3.66. The molecular weight excluding hydrogens is 246 g/mol. The van der Waals surface area contributed by atoms with E-state index in [1.54, 1.807) is 30.8 Å². The maximum absolute atomic E-state index is 11.0. The lowest BCUT2D eigenvalue weighted by Crippen LogP contribution is -2.06. The molecule has 0 amide bonds. The predicted molar refractivity (Wildman–Crippen MR) is 64.8 cm³/mol. The van der Waals surface area contributed by atoms with Gasteiger partial charge in [0, 0.05) is 12.4 Å².